The number of hydrogen-bond donors (Lipinski definition) is 1. The summed E-state index contributed by atoms with van der Waals surface area (Å²) in [4.78, 5) is 2.76. The summed E-state index contributed by atoms with van der Waals surface area (Å²) in [7, 11) is 0. The fraction of sp³-hybridized carbons (Fsp3) is 0.455. The molecule has 0 saturated heterocycles. The first-order valence-corrected chi connectivity index (χ1v) is 5.98. The highest BCUT2D eigenvalue weighted by atomic mass is 32.1. The van der Waals surface area contributed by atoms with Gasteiger partial charge in [-0.15, -0.1) is 11.3 Å². The third-order valence-electron chi connectivity index (χ3n) is 1.96. The van der Waals surface area contributed by atoms with Gasteiger partial charge in [-0.25, -0.2) is 0 Å². The highest BCUT2D eigenvalue weighted by Gasteiger charge is 2.05. The van der Waals surface area contributed by atoms with E-state index in [1.807, 2.05) is 11.3 Å². The first kappa shape index (κ1) is 10.9. The van der Waals surface area contributed by atoms with Gasteiger partial charge < -0.3 is 0 Å². The number of thiol groups is 1. The molecule has 0 atom stereocenters. The molecule has 1 aromatic heterocycles. The molecule has 2 heteroatoms. The van der Waals surface area contributed by atoms with Crippen molar-refractivity contribution in [3.63, 3.8) is 0 Å². The molecule has 0 saturated carbocycles. The molecule has 1 heterocycles. The van der Waals surface area contributed by atoms with Crippen molar-refractivity contribution in [1.29, 1.82) is 0 Å². The average molecular weight is 212 g/mol. The van der Waals surface area contributed by atoms with Crippen molar-refractivity contribution in [3.8, 4) is 0 Å². The van der Waals surface area contributed by atoms with Gasteiger partial charge >= 0.3 is 0 Å². The highest BCUT2D eigenvalue weighted by Crippen LogP contribution is 2.29. The van der Waals surface area contributed by atoms with Crippen LogP contribution in [0.1, 0.15) is 35.9 Å². The van der Waals surface area contributed by atoms with E-state index in [9.17, 15) is 0 Å². The zero-order valence-corrected chi connectivity index (χ0v) is 9.92. The molecule has 1 aromatic rings. The second-order valence-corrected chi connectivity index (χ2v) is 5.00. The van der Waals surface area contributed by atoms with Crippen LogP contribution >= 0.6 is 24.0 Å². The normalized spacial score (nSPS) is 10.8. The van der Waals surface area contributed by atoms with E-state index in [0.717, 1.165) is 12.2 Å². The number of thiophene rings is 1. The van der Waals surface area contributed by atoms with E-state index < -0.39 is 0 Å². The van der Waals surface area contributed by atoms with Crippen molar-refractivity contribution in [3.05, 3.63) is 28.5 Å². The Morgan fingerprint density at radius 1 is 1.54 bits per heavy atom. The van der Waals surface area contributed by atoms with Gasteiger partial charge in [0.05, 0.1) is 0 Å². The topological polar surface area (TPSA) is 0 Å². The Hall–Kier alpha value is -0.210. The summed E-state index contributed by atoms with van der Waals surface area (Å²) in [5.41, 5.74) is 1.21. The number of allylic oxidation sites excluding steroid dienone is 1. The Labute approximate surface area is 90.1 Å². The second-order valence-electron chi connectivity index (χ2n) is 3.43. The minimum absolute atomic E-state index is 0.627. The third kappa shape index (κ3) is 2.89. The maximum atomic E-state index is 4.20. The third-order valence-corrected chi connectivity index (χ3v) is 3.67. The van der Waals surface area contributed by atoms with Crippen molar-refractivity contribution in [2.24, 2.45) is 0 Å². The number of hydrogen-bond acceptors (Lipinski definition) is 2. The molecule has 0 aliphatic heterocycles. The van der Waals surface area contributed by atoms with E-state index in [2.05, 4.69) is 45.2 Å². The standard InChI is InChI=1S/C11H16S2/c1-8(2)10-4-5-11(13-10)9(3)6-7-12/h4-5,8,12H,3,6-7H2,1-2H3. The van der Waals surface area contributed by atoms with Gasteiger partial charge in [0.25, 0.3) is 0 Å². The molecule has 0 fully saturated rings. The predicted octanol–water partition coefficient (Wildman–Crippen LogP) is 4.20. The van der Waals surface area contributed by atoms with Crippen molar-refractivity contribution in [2.45, 2.75) is 26.2 Å². The molecule has 0 aromatic carbocycles. The highest BCUT2D eigenvalue weighted by molar-refractivity contribution is 7.80. The monoisotopic (exact) mass is 212 g/mol. The molecule has 0 aliphatic carbocycles. The molecule has 0 N–H and O–H groups in total. The van der Waals surface area contributed by atoms with Gasteiger partial charge in [0.1, 0.15) is 0 Å². The summed E-state index contributed by atoms with van der Waals surface area (Å²) in [6.45, 7) is 8.49. The zero-order valence-electron chi connectivity index (χ0n) is 8.21. The van der Waals surface area contributed by atoms with Crippen LogP contribution in [-0.2, 0) is 0 Å². The second kappa shape index (κ2) is 4.87. The molecular weight excluding hydrogens is 196 g/mol. The van der Waals surface area contributed by atoms with E-state index in [4.69, 9.17) is 0 Å². The van der Waals surface area contributed by atoms with Crippen LogP contribution in [0, 0.1) is 0 Å². The van der Waals surface area contributed by atoms with Crippen LogP contribution in [0.3, 0.4) is 0 Å². The van der Waals surface area contributed by atoms with Gasteiger partial charge in [-0.2, -0.15) is 12.6 Å². The lowest BCUT2D eigenvalue weighted by Crippen LogP contribution is -1.79. The summed E-state index contributed by atoms with van der Waals surface area (Å²) >= 11 is 6.06. The van der Waals surface area contributed by atoms with Gasteiger partial charge in [-0.1, -0.05) is 20.4 Å². The molecular formula is C11H16S2. The fourth-order valence-corrected chi connectivity index (χ4v) is 2.39. The number of rotatable bonds is 4. The fourth-order valence-electron chi connectivity index (χ4n) is 1.11. The molecule has 1 rings (SSSR count). The summed E-state index contributed by atoms with van der Waals surface area (Å²) in [5, 5.41) is 0. The molecule has 0 amide bonds. The Morgan fingerprint density at radius 3 is 2.69 bits per heavy atom. The quantitative estimate of drug-likeness (QED) is 0.710. The molecule has 0 bridgehead atoms. The zero-order chi connectivity index (χ0) is 9.84. The lowest BCUT2D eigenvalue weighted by Gasteiger charge is -2.00. The maximum absolute atomic E-state index is 4.20. The molecule has 13 heavy (non-hydrogen) atoms. The lowest BCUT2D eigenvalue weighted by molar-refractivity contribution is 0.890. The Kier molecular flexibility index (Phi) is 4.07. The van der Waals surface area contributed by atoms with E-state index in [-0.39, 0.29) is 0 Å². The van der Waals surface area contributed by atoms with Crippen LogP contribution in [-0.4, -0.2) is 5.75 Å². The van der Waals surface area contributed by atoms with Crippen molar-refractivity contribution < 1.29 is 0 Å². The van der Waals surface area contributed by atoms with Crippen LogP contribution in [0.5, 0.6) is 0 Å². The predicted molar refractivity (Wildman–Crippen MR) is 65.9 cm³/mol. The molecule has 0 radical (unpaired) electrons. The van der Waals surface area contributed by atoms with Gasteiger partial charge in [0.2, 0.25) is 0 Å². The minimum atomic E-state index is 0.627. The Bertz CT molecular complexity index is 284. The smallest absolute Gasteiger partial charge is 0.0299 e. The van der Waals surface area contributed by atoms with Crippen LogP contribution in [0.2, 0.25) is 0 Å². The van der Waals surface area contributed by atoms with Gasteiger partial charge in [0.15, 0.2) is 0 Å². The van der Waals surface area contributed by atoms with E-state index >= 15 is 0 Å². The molecule has 0 spiro atoms. The molecule has 0 nitrogen and oxygen atoms in total. The minimum Gasteiger partial charge on any atom is -0.179 e. The van der Waals surface area contributed by atoms with Crippen molar-refractivity contribution >= 4 is 29.5 Å². The van der Waals surface area contributed by atoms with Crippen molar-refractivity contribution in [1.82, 2.24) is 0 Å². The van der Waals surface area contributed by atoms with E-state index in [1.54, 1.807) is 0 Å². The van der Waals surface area contributed by atoms with Crippen LogP contribution in [0.15, 0.2) is 18.7 Å². The van der Waals surface area contributed by atoms with Crippen LogP contribution < -0.4 is 0 Å². The van der Waals surface area contributed by atoms with Crippen molar-refractivity contribution in [2.75, 3.05) is 5.75 Å². The summed E-state index contributed by atoms with van der Waals surface area (Å²) in [5.74, 6) is 1.51. The van der Waals surface area contributed by atoms with Gasteiger partial charge in [0, 0.05) is 9.75 Å². The van der Waals surface area contributed by atoms with Crippen LogP contribution in [0.4, 0.5) is 0 Å². The first-order chi connectivity index (χ1) is 6.15. The first-order valence-electron chi connectivity index (χ1n) is 4.54. The largest absolute Gasteiger partial charge is 0.179 e. The molecule has 0 unspecified atom stereocenters. The van der Waals surface area contributed by atoms with E-state index in [1.165, 1.54) is 15.3 Å². The summed E-state index contributed by atoms with van der Waals surface area (Å²) < 4.78 is 0. The SMILES string of the molecule is C=C(CCS)c1ccc(C(C)C)s1. The van der Waals surface area contributed by atoms with E-state index in [0.29, 0.717) is 5.92 Å². The van der Waals surface area contributed by atoms with Crippen LogP contribution in [0.25, 0.3) is 5.57 Å². The maximum Gasteiger partial charge on any atom is 0.0299 e. The Balaban J connectivity index is 2.73. The van der Waals surface area contributed by atoms with Gasteiger partial charge in [-0.3, -0.25) is 0 Å². The molecule has 72 valence electrons. The summed E-state index contributed by atoms with van der Waals surface area (Å²) in [6, 6.07) is 4.38. The summed E-state index contributed by atoms with van der Waals surface area (Å²) in [6.07, 6.45) is 0.987. The molecule has 0 aliphatic rings. The lowest BCUT2D eigenvalue weighted by atomic mass is 10.1. The Morgan fingerprint density at radius 2 is 2.23 bits per heavy atom. The average Bonchev–Trinajstić information content (AvgIpc) is 2.52. The van der Waals surface area contributed by atoms with Gasteiger partial charge in [-0.05, 0) is 35.8 Å².